The van der Waals surface area contributed by atoms with Crippen LogP contribution in [0, 0.1) is 0 Å². The zero-order valence-corrected chi connectivity index (χ0v) is 16.1. The van der Waals surface area contributed by atoms with Gasteiger partial charge in [0.15, 0.2) is 0 Å². The molecule has 140 valence electrons. The lowest BCUT2D eigenvalue weighted by Crippen LogP contribution is -2.12. The monoisotopic (exact) mass is 411 g/mol. The summed E-state index contributed by atoms with van der Waals surface area (Å²) in [5.41, 5.74) is 1.72. The van der Waals surface area contributed by atoms with Crippen LogP contribution >= 0.6 is 23.2 Å². The lowest BCUT2D eigenvalue weighted by molar-refractivity contribution is 0.102. The van der Waals surface area contributed by atoms with E-state index in [2.05, 4.69) is 5.32 Å². The van der Waals surface area contributed by atoms with Crippen molar-refractivity contribution in [3.63, 3.8) is 0 Å². The second-order valence-corrected chi connectivity index (χ2v) is 7.03. The first kappa shape index (κ1) is 18.6. The number of hydrogen-bond donors (Lipinski definition) is 2. The van der Waals surface area contributed by atoms with E-state index in [1.165, 1.54) is 0 Å². The highest BCUT2D eigenvalue weighted by atomic mass is 35.5. The standard InChI is InChI=1S/C22H15Cl2NO3/c23-19-6-2-3-15-16(19)4-1-5-17(15)22(27)25-13-7-9-20(24)18(11-13)21-10-8-14(12-26)28-21/h1-11,26H,12H2,(H,25,27). The number of rotatable bonds is 4. The summed E-state index contributed by atoms with van der Waals surface area (Å²) in [6, 6.07) is 19.5. The molecule has 0 aliphatic rings. The SMILES string of the molecule is O=C(Nc1ccc(Cl)c(-c2ccc(CO)o2)c1)c1cccc2c(Cl)cccc12. The van der Waals surface area contributed by atoms with Crippen LogP contribution in [0.25, 0.3) is 22.1 Å². The Morgan fingerprint density at radius 1 is 0.929 bits per heavy atom. The molecule has 0 saturated carbocycles. The van der Waals surface area contributed by atoms with Gasteiger partial charge in [0, 0.05) is 27.2 Å². The summed E-state index contributed by atoms with van der Waals surface area (Å²) in [5, 5.41) is 14.8. The number of hydrogen-bond acceptors (Lipinski definition) is 3. The Balaban J connectivity index is 1.67. The number of anilines is 1. The maximum absolute atomic E-state index is 12.9. The normalized spacial score (nSPS) is 11.0. The quantitative estimate of drug-likeness (QED) is 0.423. The summed E-state index contributed by atoms with van der Waals surface area (Å²) < 4.78 is 5.55. The van der Waals surface area contributed by atoms with Crippen molar-refractivity contribution >= 4 is 45.6 Å². The molecule has 4 aromatic rings. The second kappa shape index (κ2) is 7.68. The number of aliphatic hydroxyl groups is 1. The van der Waals surface area contributed by atoms with Crippen LogP contribution in [0.4, 0.5) is 5.69 Å². The zero-order chi connectivity index (χ0) is 19.7. The lowest BCUT2D eigenvalue weighted by atomic mass is 10.0. The van der Waals surface area contributed by atoms with Crippen molar-refractivity contribution in [2.75, 3.05) is 5.32 Å². The van der Waals surface area contributed by atoms with Crippen LogP contribution in [0.1, 0.15) is 16.1 Å². The molecule has 1 heterocycles. The number of furan rings is 1. The van der Waals surface area contributed by atoms with Gasteiger partial charge >= 0.3 is 0 Å². The van der Waals surface area contributed by atoms with E-state index in [-0.39, 0.29) is 12.5 Å². The van der Waals surface area contributed by atoms with Crippen LogP contribution in [-0.2, 0) is 6.61 Å². The number of amides is 1. The zero-order valence-electron chi connectivity index (χ0n) is 14.6. The number of halogens is 2. The van der Waals surface area contributed by atoms with E-state index < -0.39 is 0 Å². The first-order chi connectivity index (χ1) is 13.6. The molecule has 1 aromatic heterocycles. The number of aliphatic hydroxyl groups excluding tert-OH is 1. The molecule has 0 unspecified atom stereocenters. The minimum atomic E-state index is -0.253. The van der Waals surface area contributed by atoms with Crippen molar-refractivity contribution in [1.29, 1.82) is 0 Å². The van der Waals surface area contributed by atoms with E-state index in [0.717, 1.165) is 10.8 Å². The van der Waals surface area contributed by atoms with E-state index in [0.29, 0.717) is 38.4 Å². The summed E-state index contributed by atoms with van der Waals surface area (Å²) in [6.45, 7) is -0.197. The summed E-state index contributed by atoms with van der Waals surface area (Å²) in [5.74, 6) is 0.701. The van der Waals surface area contributed by atoms with Gasteiger partial charge in [-0.25, -0.2) is 0 Å². The summed E-state index contributed by atoms with van der Waals surface area (Å²) in [4.78, 5) is 12.9. The highest BCUT2D eigenvalue weighted by molar-refractivity contribution is 6.36. The molecule has 2 N–H and O–H groups in total. The summed E-state index contributed by atoms with van der Waals surface area (Å²) in [7, 11) is 0. The molecule has 0 spiro atoms. The summed E-state index contributed by atoms with van der Waals surface area (Å²) >= 11 is 12.5. The van der Waals surface area contributed by atoms with Gasteiger partial charge in [-0.3, -0.25) is 4.79 Å². The van der Waals surface area contributed by atoms with Gasteiger partial charge in [0.25, 0.3) is 5.91 Å². The molecule has 4 nitrogen and oxygen atoms in total. The van der Waals surface area contributed by atoms with Gasteiger partial charge in [-0.2, -0.15) is 0 Å². The Morgan fingerprint density at radius 3 is 2.50 bits per heavy atom. The Morgan fingerprint density at radius 2 is 1.71 bits per heavy atom. The van der Waals surface area contributed by atoms with Crippen LogP contribution in [0.2, 0.25) is 10.0 Å². The predicted octanol–water partition coefficient (Wildman–Crippen LogP) is 6.15. The molecule has 0 bridgehead atoms. The first-order valence-electron chi connectivity index (χ1n) is 8.55. The van der Waals surface area contributed by atoms with Crippen molar-refractivity contribution < 1.29 is 14.3 Å². The van der Waals surface area contributed by atoms with Crippen molar-refractivity contribution in [1.82, 2.24) is 0 Å². The minimum absolute atomic E-state index is 0.197. The van der Waals surface area contributed by atoms with Gasteiger partial charge in [0.05, 0.1) is 5.02 Å². The van der Waals surface area contributed by atoms with Gasteiger partial charge in [-0.05, 0) is 47.9 Å². The lowest BCUT2D eigenvalue weighted by Gasteiger charge is -2.10. The molecule has 4 rings (SSSR count). The topological polar surface area (TPSA) is 62.5 Å². The molecule has 0 aliphatic carbocycles. The largest absolute Gasteiger partial charge is 0.459 e. The number of nitrogens with one attached hydrogen (secondary N) is 1. The van der Waals surface area contributed by atoms with Crippen molar-refractivity contribution in [2.45, 2.75) is 6.61 Å². The number of carbonyl (C=O) groups is 1. The van der Waals surface area contributed by atoms with Gasteiger partial charge in [-0.15, -0.1) is 0 Å². The highest BCUT2D eigenvalue weighted by Gasteiger charge is 2.14. The third-order valence-electron chi connectivity index (χ3n) is 4.42. The van der Waals surface area contributed by atoms with E-state index in [1.54, 1.807) is 48.5 Å². The van der Waals surface area contributed by atoms with E-state index in [4.69, 9.17) is 27.6 Å². The number of carbonyl (C=O) groups excluding carboxylic acids is 1. The van der Waals surface area contributed by atoms with Crippen LogP contribution < -0.4 is 5.32 Å². The van der Waals surface area contributed by atoms with Crippen molar-refractivity contribution in [3.05, 3.63) is 88.1 Å². The van der Waals surface area contributed by atoms with E-state index in [1.807, 2.05) is 18.2 Å². The molecular weight excluding hydrogens is 397 g/mol. The Hall–Kier alpha value is -2.79. The second-order valence-electron chi connectivity index (χ2n) is 6.21. The van der Waals surface area contributed by atoms with Crippen molar-refractivity contribution in [2.24, 2.45) is 0 Å². The Kier molecular flexibility index (Phi) is 5.09. The molecule has 28 heavy (non-hydrogen) atoms. The maximum atomic E-state index is 12.9. The summed E-state index contributed by atoms with van der Waals surface area (Å²) in [6.07, 6.45) is 0. The fourth-order valence-corrected chi connectivity index (χ4v) is 3.52. The molecule has 0 saturated heterocycles. The molecular formula is C22H15Cl2NO3. The molecule has 3 aromatic carbocycles. The average molecular weight is 412 g/mol. The molecule has 0 fully saturated rings. The smallest absolute Gasteiger partial charge is 0.256 e. The van der Waals surface area contributed by atoms with Crippen LogP contribution in [0.3, 0.4) is 0 Å². The van der Waals surface area contributed by atoms with Gasteiger partial charge in [0.2, 0.25) is 0 Å². The number of benzene rings is 3. The average Bonchev–Trinajstić information content (AvgIpc) is 3.18. The molecule has 0 atom stereocenters. The molecule has 6 heteroatoms. The van der Waals surface area contributed by atoms with Crippen LogP contribution in [0.5, 0.6) is 0 Å². The van der Waals surface area contributed by atoms with Gasteiger partial charge in [0.1, 0.15) is 18.1 Å². The first-order valence-corrected chi connectivity index (χ1v) is 9.30. The van der Waals surface area contributed by atoms with Crippen LogP contribution in [-0.4, -0.2) is 11.0 Å². The fourth-order valence-electron chi connectivity index (χ4n) is 3.07. The minimum Gasteiger partial charge on any atom is -0.459 e. The molecule has 1 amide bonds. The van der Waals surface area contributed by atoms with E-state index >= 15 is 0 Å². The van der Waals surface area contributed by atoms with E-state index in [9.17, 15) is 9.90 Å². The Labute approximate surface area is 171 Å². The molecule has 0 radical (unpaired) electrons. The van der Waals surface area contributed by atoms with Gasteiger partial charge in [-0.1, -0.05) is 47.5 Å². The molecule has 0 aliphatic heterocycles. The number of fused-ring (bicyclic) bond motifs is 1. The third-order valence-corrected chi connectivity index (χ3v) is 5.08. The third kappa shape index (κ3) is 3.50. The fraction of sp³-hybridized carbons (Fsp3) is 0.0455. The van der Waals surface area contributed by atoms with Crippen molar-refractivity contribution in [3.8, 4) is 11.3 Å². The maximum Gasteiger partial charge on any atom is 0.256 e. The van der Waals surface area contributed by atoms with Crippen LogP contribution in [0.15, 0.2) is 71.1 Å². The Bertz CT molecular complexity index is 1180. The van der Waals surface area contributed by atoms with Gasteiger partial charge < -0.3 is 14.8 Å². The highest BCUT2D eigenvalue weighted by Crippen LogP contribution is 2.32. The predicted molar refractivity (Wildman–Crippen MR) is 112 cm³/mol.